The minimum Gasteiger partial charge on any atom is -0.325 e. The topological polar surface area (TPSA) is 77.5 Å². The fourth-order valence-corrected chi connectivity index (χ4v) is 4.23. The molecule has 0 aromatic carbocycles. The highest BCUT2D eigenvalue weighted by molar-refractivity contribution is 7.90. The standard InChI is InChI=1S/C10H15N3O2S2/c1-10(2,11)7-17(14,15)6-8-5-13-3-4-16-9(13)12-8/h3-5H,6-7,11H2,1-2H3. The van der Waals surface area contributed by atoms with Crippen LogP contribution < -0.4 is 5.73 Å². The van der Waals surface area contributed by atoms with Crippen LogP contribution in [0, 0.1) is 0 Å². The summed E-state index contributed by atoms with van der Waals surface area (Å²) in [5, 5.41) is 1.91. The molecule has 0 radical (unpaired) electrons. The number of fused-ring (bicyclic) bond motifs is 1. The van der Waals surface area contributed by atoms with Crippen LogP contribution >= 0.6 is 11.3 Å². The Labute approximate surface area is 104 Å². The van der Waals surface area contributed by atoms with Gasteiger partial charge in [-0.2, -0.15) is 0 Å². The van der Waals surface area contributed by atoms with Crippen molar-refractivity contribution in [1.82, 2.24) is 9.38 Å². The molecule has 7 heteroatoms. The maximum Gasteiger partial charge on any atom is 0.193 e. The van der Waals surface area contributed by atoms with Gasteiger partial charge in [0.2, 0.25) is 0 Å². The maximum atomic E-state index is 11.9. The fourth-order valence-electron chi connectivity index (χ4n) is 1.69. The van der Waals surface area contributed by atoms with Crippen molar-refractivity contribution in [2.45, 2.75) is 25.1 Å². The molecule has 0 aliphatic carbocycles. The Kier molecular flexibility index (Phi) is 3.01. The predicted molar refractivity (Wildman–Crippen MR) is 68.8 cm³/mol. The van der Waals surface area contributed by atoms with Crippen LogP contribution in [0.25, 0.3) is 4.96 Å². The van der Waals surface area contributed by atoms with E-state index in [4.69, 9.17) is 5.73 Å². The molecule has 0 unspecified atom stereocenters. The van der Waals surface area contributed by atoms with Crippen LogP contribution in [0.5, 0.6) is 0 Å². The summed E-state index contributed by atoms with van der Waals surface area (Å²) in [7, 11) is -3.21. The van der Waals surface area contributed by atoms with Crippen LogP contribution in [0.15, 0.2) is 17.8 Å². The molecule has 0 amide bonds. The molecular weight excluding hydrogens is 258 g/mol. The van der Waals surface area contributed by atoms with E-state index in [0.717, 1.165) is 4.96 Å². The third kappa shape index (κ3) is 3.27. The Morgan fingerprint density at radius 3 is 2.82 bits per heavy atom. The van der Waals surface area contributed by atoms with E-state index in [0.29, 0.717) is 5.69 Å². The highest BCUT2D eigenvalue weighted by atomic mass is 32.2. The summed E-state index contributed by atoms with van der Waals surface area (Å²) in [6.07, 6.45) is 3.60. The molecule has 0 spiro atoms. The van der Waals surface area contributed by atoms with Gasteiger partial charge in [-0.25, -0.2) is 13.4 Å². The molecule has 2 heterocycles. The zero-order valence-corrected chi connectivity index (χ0v) is 11.4. The van der Waals surface area contributed by atoms with Crippen molar-refractivity contribution >= 4 is 26.1 Å². The summed E-state index contributed by atoms with van der Waals surface area (Å²) >= 11 is 1.48. The average Bonchev–Trinajstić information content (AvgIpc) is 2.56. The van der Waals surface area contributed by atoms with E-state index < -0.39 is 15.4 Å². The van der Waals surface area contributed by atoms with E-state index in [-0.39, 0.29) is 11.5 Å². The molecule has 2 aromatic rings. The Morgan fingerprint density at radius 1 is 1.53 bits per heavy atom. The summed E-state index contributed by atoms with van der Waals surface area (Å²) in [5.41, 5.74) is 5.59. The Bertz CT molecular complexity index is 591. The molecule has 0 saturated heterocycles. The summed E-state index contributed by atoms with van der Waals surface area (Å²) in [4.78, 5) is 5.06. The molecule has 2 aromatic heterocycles. The van der Waals surface area contributed by atoms with Gasteiger partial charge in [0.15, 0.2) is 14.8 Å². The van der Waals surface area contributed by atoms with Gasteiger partial charge >= 0.3 is 0 Å². The Morgan fingerprint density at radius 2 is 2.24 bits per heavy atom. The Hall–Kier alpha value is -0.920. The van der Waals surface area contributed by atoms with E-state index >= 15 is 0 Å². The van der Waals surface area contributed by atoms with Crippen LogP contribution in [-0.2, 0) is 15.6 Å². The molecule has 0 atom stereocenters. The zero-order chi connectivity index (χ0) is 12.7. The Balaban J connectivity index is 2.18. The van der Waals surface area contributed by atoms with Gasteiger partial charge in [0.25, 0.3) is 0 Å². The van der Waals surface area contributed by atoms with Crippen molar-refractivity contribution in [2.24, 2.45) is 5.73 Å². The van der Waals surface area contributed by atoms with Crippen molar-refractivity contribution in [3.05, 3.63) is 23.5 Å². The van der Waals surface area contributed by atoms with Crippen molar-refractivity contribution in [3.63, 3.8) is 0 Å². The molecule has 5 nitrogen and oxygen atoms in total. The molecule has 0 fully saturated rings. The van der Waals surface area contributed by atoms with Crippen molar-refractivity contribution in [3.8, 4) is 0 Å². The molecule has 0 aliphatic rings. The number of hydrogen-bond donors (Lipinski definition) is 1. The van der Waals surface area contributed by atoms with Crippen LogP contribution in [0.4, 0.5) is 0 Å². The number of nitrogens with two attached hydrogens (primary N) is 1. The number of hydrogen-bond acceptors (Lipinski definition) is 5. The van der Waals surface area contributed by atoms with Gasteiger partial charge in [-0.3, -0.25) is 4.40 Å². The third-order valence-electron chi connectivity index (χ3n) is 2.10. The van der Waals surface area contributed by atoms with Crippen LogP contribution in [0.3, 0.4) is 0 Å². The number of rotatable bonds is 4. The molecular formula is C10H15N3O2S2. The maximum absolute atomic E-state index is 11.9. The van der Waals surface area contributed by atoms with Gasteiger partial charge in [0, 0.05) is 23.3 Å². The molecule has 2 N–H and O–H groups in total. The lowest BCUT2D eigenvalue weighted by molar-refractivity contribution is 0.543. The highest BCUT2D eigenvalue weighted by Crippen LogP contribution is 2.15. The van der Waals surface area contributed by atoms with Crippen LogP contribution in [-0.4, -0.2) is 29.1 Å². The van der Waals surface area contributed by atoms with Crippen LogP contribution in [0.2, 0.25) is 0 Å². The van der Waals surface area contributed by atoms with E-state index in [1.807, 2.05) is 16.0 Å². The summed E-state index contributed by atoms with van der Waals surface area (Å²) < 4.78 is 25.6. The van der Waals surface area contributed by atoms with E-state index in [2.05, 4.69) is 4.98 Å². The van der Waals surface area contributed by atoms with E-state index in [1.165, 1.54) is 11.3 Å². The lowest BCUT2D eigenvalue weighted by Crippen LogP contribution is -2.40. The third-order valence-corrected chi connectivity index (χ3v) is 4.79. The van der Waals surface area contributed by atoms with E-state index in [9.17, 15) is 8.42 Å². The van der Waals surface area contributed by atoms with Crippen molar-refractivity contribution < 1.29 is 8.42 Å². The van der Waals surface area contributed by atoms with Crippen LogP contribution in [0.1, 0.15) is 19.5 Å². The fraction of sp³-hybridized carbons (Fsp3) is 0.500. The first kappa shape index (κ1) is 12.5. The average molecular weight is 273 g/mol. The first-order chi connectivity index (χ1) is 7.75. The second-order valence-electron chi connectivity index (χ2n) is 4.85. The van der Waals surface area contributed by atoms with E-state index in [1.54, 1.807) is 20.0 Å². The van der Waals surface area contributed by atoms with Gasteiger partial charge in [-0.15, -0.1) is 11.3 Å². The minimum atomic E-state index is -3.21. The molecule has 2 rings (SSSR count). The second-order valence-corrected chi connectivity index (χ2v) is 7.78. The number of sulfone groups is 1. The normalized spacial score (nSPS) is 13.4. The molecule has 0 saturated carbocycles. The number of imidazole rings is 1. The van der Waals surface area contributed by atoms with Gasteiger partial charge in [-0.05, 0) is 13.8 Å². The highest BCUT2D eigenvalue weighted by Gasteiger charge is 2.23. The largest absolute Gasteiger partial charge is 0.325 e. The molecule has 0 bridgehead atoms. The smallest absolute Gasteiger partial charge is 0.193 e. The molecule has 17 heavy (non-hydrogen) atoms. The van der Waals surface area contributed by atoms with Gasteiger partial charge < -0.3 is 5.73 Å². The predicted octanol–water partition coefficient (Wildman–Crippen LogP) is 1.05. The van der Waals surface area contributed by atoms with Crippen molar-refractivity contribution in [1.29, 1.82) is 0 Å². The van der Waals surface area contributed by atoms with Gasteiger partial charge in [-0.1, -0.05) is 0 Å². The van der Waals surface area contributed by atoms with Gasteiger partial charge in [0.05, 0.1) is 17.2 Å². The SMILES string of the molecule is CC(C)(N)CS(=O)(=O)Cc1cn2ccsc2n1. The second kappa shape index (κ2) is 4.08. The summed E-state index contributed by atoms with van der Waals surface area (Å²) in [5.74, 6) is -0.0901. The number of aromatic nitrogens is 2. The summed E-state index contributed by atoms with van der Waals surface area (Å²) in [6, 6.07) is 0. The first-order valence-electron chi connectivity index (χ1n) is 5.16. The monoisotopic (exact) mass is 273 g/mol. The molecule has 0 aliphatic heterocycles. The van der Waals surface area contributed by atoms with Crippen molar-refractivity contribution in [2.75, 3.05) is 5.75 Å². The molecule has 94 valence electrons. The first-order valence-corrected chi connectivity index (χ1v) is 7.86. The lowest BCUT2D eigenvalue weighted by atomic mass is 10.1. The summed E-state index contributed by atoms with van der Waals surface area (Å²) in [6.45, 7) is 3.41. The number of nitrogens with zero attached hydrogens (tertiary/aromatic N) is 2. The number of thiazole rings is 1. The minimum absolute atomic E-state index is 0.0365. The quantitative estimate of drug-likeness (QED) is 0.903. The van der Waals surface area contributed by atoms with Gasteiger partial charge in [0.1, 0.15) is 0 Å². The zero-order valence-electron chi connectivity index (χ0n) is 9.75. The lowest BCUT2D eigenvalue weighted by Gasteiger charge is -2.17.